The van der Waals surface area contributed by atoms with Crippen molar-refractivity contribution in [3.8, 4) is 0 Å². The third-order valence-corrected chi connectivity index (χ3v) is 3.57. The standard InChI is InChI=1S/C16H28N2O/c1-5-19-8-6-7-15(18-17)11-16-13(3)9-12(2)10-14(16)4/h9-10,15,18H,5-8,11,17H2,1-4H3. The zero-order valence-corrected chi connectivity index (χ0v) is 12.8. The van der Waals surface area contributed by atoms with E-state index < -0.39 is 0 Å². The molecule has 0 aliphatic heterocycles. The molecule has 0 saturated heterocycles. The van der Waals surface area contributed by atoms with Crippen LogP contribution in [0.3, 0.4) is 0 Å². The highest BCUT2D eigenvalue weighted by Crippen LogP contribution is 2.19. The molecule has 1 aromatic carbocycles. The number of hydrogen-bond acceptors (Lipinski definition) is 3. The molecular weight excluding hydrogens is 236 g/mol. The predicted octanol–water partition coefficient (Wildman–Crippen LogP) is 2.80. The van der Waals surface area contributed by atoms with Gasteiger partial charge in [-0.25, -0.2) is 0 Å². The molecule has 0 aliphatic rings. The van der Waals surface area contributed by atoms with Crippen LogP contribution in [0.15, 0.2) is 12.1 Å². The van der Waals surface area contributed by atoms with Gasteiger partial charge in [0.25, 0.3) is 0 Å². The molecule has 0 aliphatic carbocycles. The molecule has 0 bridgehead atoms. The summed E-state index contributed by atoms with van der Waals surface area (Å²) in [7, 11) is 0. The van der Waals surface area contributed by atoms with Gasteiger partial charge in [-0.1, -0.05) is 17.7 Å². The molecule has 1 rings (SSSR count). The van der Waals surface area contributed by atoms with Crippen LogP contribution in [0, 0.1) is 20.8 Å². The first-order chi connectivity index (χ1) is 9.08. The number of benzene rings is 1. The van der Waals surface area contributed by atoms with E-state index in [1.54, 1.807) is 0 Å². The maximum Gasteiger partial charge on any atom is 0.0466 e. The molecule has 0 aromatic heterocycles. The second-order valence-electron chi connectivity index (χ2n) is 5.28. The molecule has 19 heavy (non-hydrogen) atoms. The summed E-state index contributed by atoms with van der Waals surface area (Å²) in [6, 6.07) is 4.81. The molecule has 0 radical (unpaired) electrons. The average Bonchev–Trinajstić information content (AvgIpc) is 2.36. The monoisotopic (exact) mass is 264 g/mol. The second kappa shape index (κ2) is 8.31. The van der Waals surface area contributed by atoms with Gasteiger partial charge in [-0.15, -0.1) is 0 Å². The van der Waals surface area contributed by atoms with Crippen LogP contribution in [0.2, 0.25) is 0 Å². The molecule has 3 nitrogen and oxygen atoms in total. The molecule has 0 saturated carbocycles. The van der Waals surface area contributed by atoms with Crippen LogP contribution in [0.5, 0.6) is 0 Å². The Bertz CT molecular complexity index is 367. The van der Waals surface area contributed by atoms with Gasteiger partial charge in [0.2, 0.25) is 0 Å². The zero-order chi connectivity index (χ0) is 14.3. The van der Waals surface area contributed by atoms with Crippen molar-refractivity contribution in [2.45, 2.75) is 53.0 Å². The lowest BCUT2D eigenvalue weighted by Crippen LogP contribution is -2.37. The van der Waals surface area contributed by atoms with E-state index in [2.05, 4.69) is 38.3 Å². The molecule has 1 atom stereocenters. The Hall–Kier alpha value is -0.900. The summed E-state index contributed by atoms with van der Waals surface area (Å²) in [5.41, 5.74) is 8.42. The predicted molar refractivity (Wildman–Crippen MR) is 81.2 cm³/mol. The van der Waals surface area contributed by atoms with E-state index in [0.29, 0.717) is 6.04 Å². The number of ether oxygens (including phenoxy) is 1. The quantitative estimate of drug-likeness (QED) is 0.431. The van der Waals surface area contributed by atoms with Crippen molar-refractivity contribution in [2.75, 3.05) is 13.2 Å². The minimum Gasteiger partial charge on any atom is -0.382 e. The smallest absolute Gasteiger partial charge is 0.0466 e. The van der Waals surface area contributed by atoms with Gasteiger partial charge < -0.3 is 4.74 Å². The molecule has 0 heterocycles. The highest BCUT2D eigenvalue weighted by molar-refractivity contribution is 5.38. The number of nitrogens with one attached hydrogen (secondary N) is 1. The van der Waals surface area contributed by atoms with Gasteiger partial charge in [0.05, 0.1) is 0 Å². The van der Waals surface area contributed by atoms with Crippen molar-refractivity contribution < 1.29 is 4.74 Å². The van der Waals surface area contributed by atoms with Crippen molar-refractivity contribution in [3.63, 3.8) is 0 Å². The summed E-state index contributed by atoms with van der Waals surface area (Å²) in [4.78, 5) is 0. The molecule has 0 spiro atoms. The van der Waals surface area contributed by atoms with Crippen LogP contribution in [0.1, 0.15) is 42.0 Å². The Morgan fingerprint density at radius 2 is 1.84 bits per heavy atom. The number of nitrogens with two attached hydrogens (primary N) is 1. The van der Waals surface area contributed by atoms with E-state index in [9.17, 15) is 0 Å². The van der Waals surface area contributed by atoms with E-state index in [1.165, 1.54) is 22.3 Å². The summed E-state index contributed by atoms with van der Waals surface area (Å²) in [6.45, 7) is 10.1. The molecule has 0 fully saturated rings. The van der Waals surface area contributed by atoms with E-state index in [-0.39, 0.29) is 0 Å². The SMILES string of the molecule is CCOCCCC(Cc1c(C)cc(C)cc1C)NN. The summed E-state index contributed by atoms with van der Waals surface area (Å²) in [5.74, 6) is 5.67. The summed E-state index contributed by atoms with van der Waals surface area (Å²) < 4.78 is 5.37. The van der Waals surface area contributed by atoms with E-state index in [0.717, 1.165) is 32.5 Å². The Balaban J connectivity index is 2.60. The van der Waals surface area contributed by atoms with Crippen LogP contribution < -0.4 is 11.3 Å². The number of hydrazine groups is 1. The lowest BCUT2D eigenvalue weighted by Gasteiger charge is -2.19. The Morgan fingerprint density at radius 1 is 1.21 bits per heavy atom. The summed E-state index contributed by atoms with van der Waals surface area (Å²) in [5, 5.41) is 0. The van der Waals surface area contributed by atoms with Crippen LogP contribution in [-0.4, -0.2) is 19.3 Å². The van der Waals surface area contributed by atoms with Crippen molar-refractivity contribution in [1.29, 1.82) is 0 Å². The first-order valence-electron chi connectivity index (χ1n) is 7.19. The number of rotatable bonds is 8. The first kappa shape index (κ1) is 16.2. The largest absolute Gasteiger partial charge is 0.382 e. The van der Waals surface area contributed by atoms with Crippen molar-refractivity contribution in [1.82, 2.24) is 5.43 Å². The van der Waals surface area contributed by atoms with Gasteiger partial charge in [-0.3, -0.25) is 11.3 Å². The van der Waals surface area contributed by atoms with Gasteiger partial charge in [0.1, 0.15) is 0 Å². The molecule has 0 amide bonds. The average molecular weight is 264 g/mol. The van der Waals surface area contributed by atoms with E-state index >= 15 is 0 Å². The molecule has 3 heteroatoms. The third kappa shape index (κ3) is 5.31. The van der Waals surface area contributed by atoms with E-state index in [1.807, 2.05) is 6.92 Å². The van der Waals surface area contributed by atoms with Crippen LogP contribution in [0.25, 0.3) is 0 Å². The van der Waals surface area contributed by atoms with Crippen molar-refractivity contribution >= 4 is 0 Å². The van der Waals surface area contributed by atoms with Gasteiger partial charge >= 0.3 is 0 Å². The highest BCUT2D eigenvalue weighted by atomic mass is 16.5. The summed E-state index contributed by atoms with van der Waals surface area (Å²) >= 11 is 0. The second-order valence-corrected chi connectivity index (χ2v) is 5.28. The Labute approximate surface area is 117 Å². The minimum atomic E-state index is 0.320. The van der Waals surface area contributed by atoms with E-state index in [4.69, 9.17) is 10.6 Å². The normalized spacial score (nSPS) is 12.7. The van der Waals surface area contributed by atoms with Crippen LogP contribution in [-0.2, 0) is 11.2 Å². The molecule has 108 valence electrons. The maximum absolute atomic E-state index is 5.67. The zero-order valence-electron chi connectivity index (χ0n) is 12.8. The number of aryl methyl sites for hydroxylation is 3. The fourth-order valence-electron chi connectivity index (χ4n) is 2.60. The van der Waals surface area contributed by atoms with Crippen molar-refractivity contribution in [2.24, 2.45) is 5.84 Å². The lowest BCUT2D eigenvalue weighted by molar-refractivity contribution is 0.140. The number of hydrogen-bond donors (Lipinski definition) is 2. The molecule has 1 unspecified atom stereocenters. The third-order valence-electron chi connectivity index (χ3n) is 3.57. The topological polar surface area (TPSA) is 47.3 Å². The van der Waals surface area contributed by atoms with Gasteiger partial charge in [0, 0.05) is 19.3 Å². The van der Waals surface area contributed by atoms with Gasteiger partial charge in [-0.05, 0) is 63.6 Å². The lowest BCUT2D eigenvalue weighted by atomic mass is 9.93. The minimum absolute atomic E-state index is 0.320. The van der Waals surface area contributed by atoms with Gasteiger partial charge in [-0.2, -0.15) is 0 Å². The highest BCUT2D eigenvalue weighted by Gasteiger charge is 2.11. The fraction of sp³-hybridized carbons (Fsp3) is 0.625. The first-order valence-corrected chi connectivity index (χ1v) is 7.19. The van der Waals surface area contributed by atoms with Crippen molar-refractivity contribution in [3.05, 3.63) is 34.4 Å². The maximum atomic E-state index is 5.67. The summed E-state index contributed by atoms with van der Waals surface area (Å²) in [6.07, 6.45) is 3.08. The molecule has 1 aromatic rings. The van der Waals surface area contributed by atoms with Gasteiger partial charge in [0.15, 0.2) is 0 Å². The van der Waals surface area contributed by atoms with Crippen LogP contribution in [0.4, 0.5) is 0 Å². The molecular formula is C16H28N2O. The Morgan fingerprint density at radius 3 is 2.37 bits per heavy atom. The fourth-order valence-corrected chi connectivity index (χ4v) is 2.60. The van der Waals surface area contributed by atoms with Crippen LogP contribution >= 0.6 is 0 Å². The molecule has 3 N–H and O–H groups in total. The Kier molecular flexibility index (Phi) is 7.06.